The van der Waals surface area contributed by atoms with Gasteiger partial charge in [-0.1, -0.05) is 6.07 Å². The third-order valence-corrected chi connectivity index (χ3v) is 2.95. The van der Waals surface area contributed by atoms with E-state index in [1.807, 2.05) is 6.07 Å². The molecule has 1 heterocycles. The summed E-state index contributed by atoms with van der Waals surface area (Å²) in [5.41, 5.74) is 7.80. The number of piperazine rings is 1. The van der Waals surface area contributed by atoms with E-state index in [0.29, 0.717) is 11.2 Å². The largest absolute Gasteiger partial charge is 0.488 e. The minimum absolute atomic E-state index is 0.454. The molecule has 17 heavy (non-hydrogen) atoms. The lowest BCUT2D eigenvalue weighted by Gasteiger charge is -2.27. The lowest BCUT2D eigenvalue weighted by atomic mass is 9.79. The summed E-state index contributed by atoms with van der Waals surface area (Å²) in [5.74, 6) is 0. The highest BCUT2D eigenvalue weighted by atomic mass is 16.4. The first-order valence-corrected chi connectivity index (χ1v) is 5.84. The molecule has 0 bridgehead atoms. The summed E-state index contributed by atoms with van der Waals surface area (Å²) in [7, 11) is -1.46. The zero-order valence-corrected chi connectivity index (χ0v) is 9.76. The van der Waals surface area contributed by atoms with Gasteiger partial charge in [0.25, 0.3) is 0 Å². The minimum atomic E-state index is -1.46. The van der Waals surface area contributed by atoms with Gasteiger partial charge in [0.2, 0.25) is 0 Å². The molecule has 0 amide bonds. The smallest absolute Gasteiger partial charge is 0.423 e. The molecule has 2 rings (SSSR count). The van der Waals surface area contributed by atoms with Gasteiger partial charge in [-0.2, -0.15) is 0 Å². The summed E-state index contributed by atoms with van der Waals surface area (Å²) >= 11 is 0. The van der Waals surface area contributed by atoms with Gasteiger partial charge in [0, 0.05) is 38.4 Å². The van der Waals surface area contributed by atoms with E-state index in [-0.39, 0.29) is 0 Å². The van der Waals surface area contributed by atoms with E-state index in [9.17, 15) is 0 Å². The van der Waals surface area contributed by atoms with Crippen molar-refractivity contribution in [1.82, 2.24) is 10.2 Å². The van der Waals surface area contributed by atoms with Crippen LogP contribution in [0.4, 0.5) is 5.69 Å². The molecule has 5 N–H and O–H groups in total. The van der Waals surface area contributed by atoms with Crippen LogP contribution in [0.2, 0.25) is 0 Å². The van der Waals surface area contributed by atoms with Crippen molar-refractivity contribution < 1.29 is 10.0 Å². The number of benzene rings is 1. The van der Waals surface area contributed by atoms with E-state index in [0.717, 1.165) is 38.3 Å². The Bertz CT molecular complexity index is 381. The van der Waals surface area contributed by atoms with Crippen molar-refractivity contribution in [3.8, 4) is 0 Å². The second-order valence-electron chi connectivity index (χ2n) is 4.41. The number of nitrogens with two attached hydrogens (primary N) is 1. The number of nitrogens with one attached hydrogen (secondary N) is 1. The van der Waals surface area contributed by atoms with Crippen LogP contribution in [-0.4, -0.2) is 48.2 Å². The number of hydrogen-bond acceptors (Lipinski definition) is 5. The summed E-state index contributed by atoms with van der Waals surface area (Å²) < 4.78 is 0. The second-order valence-corrected chi connectivity index (χ2v) is 4.41. The van der Waals surface area contributed by atoms with Crippen molar-refractivity contribution in [3.63, 3.8) is 0 Å². The zero-order valence-electron chi connectivity index (χ0n) is 9.76. The molecule has 1 fully saturated rings. The molecule has 1 aliphatic rings. The monoisotopic (exact) mass is 235 g/mol. The predicted octanol–water partition coefficient (Wildman–Crippen LogP) is -1.65. The molecule has 5 nitrogen and oxygen atoms in total. The lowest BCUT2D eigenvalue weighted by molar-refractivity contribution is 0.233. The molecule has 0 atom stereocenters. The molecule has 1 aromatic carbocycles. The van der Waals surface area contributed by atoms with Crippen LogP contribution in [0.5, 0.6) is 0 Å². The van der Waals surface area contributed by atoms with Crippen LogP contribution in [0.1, 0.15) is 5.56 Å². The maximum Gasteiger partial charge on any atom is 0.488 e. The van der Waals surface area contributed by atoms with Gasteiger partial charge >= 0.3 is 7.12 Å². The first-order valence-electron chi connectivity index (χ1n) is 5.84. The fourth-order valence-electron chi connectivity index (χ4n) is 2.11. The van der Waals surface area contributed by atoms with Crippen molar-refractivity contribution in [1.29, 1.82) is 0 Å². The third-order valence-electron chi connectivity index (χ3n) is 2.95. The summed E-state index contributed by atoms with van der Waals surface area (Å²) in [6, 6.07) is 5.27. The average Bonchev–Trinajstić information content (AvgIpc) is 2.29. The molecule has 1 aromatic rings. The van der Waals surface area contributed by atoms with Crippen LogP contribution >= 0.6 is 0 Å². The molecule has 1 aliphatic heterocycles. The Morgan fingerprint density at radius 3 is 2.59 bits per heavy atom. The Morgan fingerprint density at radius 2 is 1.94 bits per heavy atom. The van der Waals surface area contributed by atoms with Gasteiger partial charge in [-0.15, -0.1) is 0 Å². The molecule has 0 aliphatic carbocycles. The minimum Gasteiger partial charge on any atom is -0.423 e. The number of anilines is 1. The summed E-state index contributed by atoms with van der Waals surface area (Å²) in [4.78, 5) is 2.32. The van der Waals surface area contributed by atoms with Crippen molar-refractivity contribution >= 4 is 18.3 Å². The van der Waals surface area contributed by atoms with Gasteiger partial charge in [-0.3, -0.25) is 4.90 Å². The van der Waals surface area contributed by atoms with E-state index in [1.54, 1.807) is 12.1 Å². The van der Waals surface area contributed by atoms with E-state index < -0.39 is 7.12 Å². The highest BCUT2D eigenvalue weighted by Gasteiger charge is 2.14. The fourth-order valence-corrected chi connectivity index (χ4v) is 2.11. The fraction of sp³-hybridized carbons (Fsp3) is 0.455. The Balaban J connectivity index is 2.09. The maximum absolute atomic E-state index is 9.15. The Hall–Kier alpha value is -1.08. The summed E-state index contributed by atoms with van der Waals surface area (Å²) in [5, 5.41) is 21.6. The van der Waals surface area contributed by atoms with Gasteiger partial charge in [0.1, 0.15) is 0 Å². The van der Waals surface area contributed by atoms with Crippen LogP contribution < -0.4 is 16.5 Å². The Kier molecular flexibility index (Phi) is 4.01. The topological polar surface area (TPSA) is 81.8 Å². The van der Waals surface area contributed by atoms with E-state index >= 15 is 0 Å². The van der Waals surface area contributed by atoms with Crippen molar-refractivity contribution in [2.24, 2.45) is 0 Å². The maximum atomic E-state index is 9.15. The van der Waals surface area contributed by atoms with E-state index in [1.165, 1.54) is 0 Å². The van der Waals surface area contributed by atoms with Crippen LogP contribution in [-0.2, 0) is 6.54 Å². The number of rotatable bonds is 3. The van der Waals surface area contributed by atoms with Crippen molar-refractivity contribution in [2.45, 2.75) is 6.54 Å². The van der Waals surface area contributed by atoms with Gasteiger partial charge < -0.3 is 21.1 Å². The molecule has 92 valence electrons. The quantitative estimate of drug-likeness (QED) is 0.373. The number of nitrogen functional groups attached to an aromatic ring is 1. The van der Waals surface area contributed by atoms with Crippen molar-refractivity contribution in [3.05, 3.63) is 23.8 Å². The highest BCUT2D eigenvalue weighted by Crippen LogP contribution is 2.09. The van der Waals surface area contributed by atoms with Gasteiger partial charge in [0.15, 0.2) is 0 Å². The first kappa shape index (κ1) is 12.4. The van der Waals surface area contributed by atoms with Gasteiger partial charge in [-0.25, -0.2) is 0 Å². The normalized spacial score (nSPS) is 17.1. The molecule has 1 saturated heterocycles. The molecule has 0 spiro atoms. The second kappa shape index (κ2) is 5.51. The van der Waals surface area contributed by atoms with Gasteiger partial charge in [-0.05, 0) is 23.2 Å². The number of nitrogens with zero attached hydrogens (tertiary/aromatic N) is 1. The highest BCUT2D eigenvalue weighted by molar-refractivity contribution is 6.58. The van der Waals surface area contributed by atoms with Crippen LogP contribution in [0.25, 0.3) is 0 Å². The molecule has 6 heteroatoms. The molecule has 0 aromatic heterocycles. The average molecular weight is 235 g/mol. The van der Waals surface area contributed by atoms with Crippen LogP contribution in [0, 0.1) is 0 Å². The Labute approximate surface area is 101 Å². The van der Waals surface area contributed by atoms with Crippen molar-refractivity contribution in [2.75, 3.05) is 31.9 Å². The summed E-state index contributed by atoms with van der Waals surface area (Å²) in [6.07, 6.45) is 0. The predicted molar refractivity (Wildman–Crippen MR) is 68.8 cm³/mol. The van der Waals surface area contributed by atoms with Gasteiger partial charge in [0.05, 0.1) is 0 Å². The molecule has 0 unspecified atom stereocenters. The molecule has 0 radical (unpaired) electrons. The lowest BCUT2D eigenvalue weighted by Crippen LogP contribution is -2.43. The molecule has 0 saturated carbocycles. The SMILES string of the molecule is Nc1cc(CN2CCNCC2)cc(B(O)O)c1. The van der Waals surface area contributed by atoms with Crippen LogP contribution in [0.3, 0.4) is 0 Å². The first-order chi connectivity index (χ1) is 8.15. The van der Waals surface area contributed by atoms with E-state index in [4.69, 9.17) is 15.8 Å². The van der Waals surface area contributed by atoms with Crippen LogP contribution in [0.15, 0.2) is 18.2 Å². The Morgan fingerprint density at radius 1 is 1.24 bits per heavy atom. The molecular formula is C11H18BN3O2. The zero-order chi connectivity index (χ0) is 12.3. The molecular weight excluding hydrogens is 217 g/mol. The third kappa shape index (κ3) is 3.44. The standard InChI is InChI=1S/C11H18BN3O2/c13-11-6-9(5-10(7-11)12(16)17)8-15-3-1-14-2-4-15/h5-7,14,16-17H,1-4,8,13H2. The number of hydrogen-bond donors (Lipinski definition) is 4. The van der Waals surface area contributed by atoms with E-state index in [2.05, 4.69) is 10.2 Å². The summed E-state index contributed by atoms with van der Waals surface area (Å²) in [6.45, 7) is 4.81.